The third-order valence-corrected chi connectivity index (χ3v) is 4.23. The second-order valence-corrected chi connectivity index (χ2v) is 5.91. The number of rotatable bonds is 11. The van der Waals surface area contributed by atoms with Crippen LogP contribution in [0.25, 0.3) is 0 Å². The molecule has 0 amide bonds. The lowest BCUT2D eigenvalue weighted by molar-refractivity contribution is -0.137. The fourth-order valence-electron chi connectivity index (χ4n) is 3.07. The summed E-state index contributed by atoms with van der Waals surface area (Å²) in [5.41, 5.74) is 0. The van der Waals surface area contributed by atoms with E-state index >= 15 is 0 Å². The van der Waals surface area contributed by atoms with Crippen LogP contribution in [-0.2, 0) is 4.79 Å². The molecule has 2 nitrogen and oxygen atoms in total. The van der Waals surface area contributed by atoms with Crippen molar-refractivity contribution >= 4 is 18.4 Å². The van der Waals surface area contributed by atoms with E-state index in [0.717, 1.165) is 18.8 Å². The normalized spacial score (nSPS) is 15.4. The highest BCUT2D eigenvalue weighted by Crippen LogP contribution is 2.29. The molecule has 1 saturated carbocycles. The van der Waals surface area contributed by atoms with Gasteiger partial charge in [0.25, 0.3) is 0 Å². The van der Waals surface area contributed by atoms with Crippen LogP contribution < -0.4 is 0 Å². The lowest BCUT2D eigenvalue weighted by atomic mass is 9.99. The van der Waals surface area contributed by atoms with Crippen molar-refractivity contribution in [1.82, 2.24) is 0 Å². The minimum Gasteiger partial charge on any atom is -0.481 e. The number of aliphatic carboxylic acids is 1. The summed E-state index contributed by atoms with van der Waals surface area (Å²) < 4.78 is 0. The van der Waals surface area contributed by atoms with Gasteiger partial charge in [-0.1, -0.05) is 77.0 Å². The monoisotopic (exact) mass is 290 g/mol. The molecule has 1 N–H and O–H groups in total. The molecular formula is C16H31ClO2. The molecule has 0 aromatic rings. The summed E-state index contributed by atoms with van der Waals surface area (Å²) in [5.74, 6) is 0.405. The van der Waals surface area contributed by atoms with Crippen LogP contribution in [-0.4, -0.2) is 11.1 Å². The van der Waals surface area contributed by atoms with Crippen molar-refractivity contribution in [3.8, 4) is 0 Å². The molecule has 0 aromatic heterocycles. The highest BCUT2D eigenvalue weighted by molar-refractivity contribution is 5.85. The molecule has 0 aromatic carbocycles. The number of hydrogen-bond donors (Lipinski definition) is 1. The minimum atomic E-state index is -0.651. The minimum absolute atomic E-state index is 0. The maximum absolute atomic E-state index is 10.3. The molecule has 0 unspecified atom stereocenters. The van der Waals surface area contributed by atoms with Gasteiger partial charge in [0.1, 0.15) is 0 Å². The van der Waals surface area contributed by atoms with Gasteiger partial charge >= 0.3 is 5.97 Å². The van der Waals surface area contributed by atoms with Gasteiger partial charge in [0.05, 0.1) is 0 Å². The van der Waals surface area contributed by atoms with Gasteiger partial charge in [-0.05, 0) is 12.3 Å². The Morgan fingerprint density at radius 2 is 1.32 bits per heavy atom. The van der Waals surface area contributed by atoms with Crippen molar-refractivity contribution < 1.29 is 9.90 Å². The van der Waals surface area contributed by atoms with Gasteiger partial charge in [-0.2, -0.15) is 0 Å². The second-order valence-electron chi connectivity index (χ2n) is 5.91. The molecule has 1 aliphatic carbocycles. The first kappa shape index (κ1) is 18.8. The summed E-state index contributed by atoms with van der Waals surface area (Å²) in [7, 11) is 0. The fourth-order valence-corrected chi connectivity index (χ4v) is 3.07. The summed E-state index contributed by atoms with van der Waals surface area (Å²) in [6.07, 6.45) is 17.8. The molecule has 114 valence electrons. The number of carboxylic acid groups (broad SMARTS) is 1. The van der Waals surface area contributed by atoms with E-state index < -0.39 is 5.97 Å². The van der Waals surface area contributed by atoms with Gasteiger partial charge in [-0.3, -0.25) is 4.79 Å². The standard InChI is InChI=1S/C16H30O2.ClH/c17-16(18)14-8-6-4-2-1-3-5-7-11-15-12-9-10-13-15;/h15H,1-14H2,(H,17,18);1H. The van der Waals surface area contributed by atoms with E-state index in [1.807, 2.05) is 0 Å². The van der Waals surface area contributed by atoms with Crippen molar-refractivity contribution in [2.45, 2.75) is 89.9 Å². The maximum Gasteiger partial charge on any atom is 0.303 e. The van der Waals surface area contributed by atoms with Crippen LogP contribution in [0, 0.1) is 5.92 Å². The molecule has 19 heavy (non-hydrogen) atoms. The van der Waals surface area contributed by atoms with Crippen LogP contribution >= 0.6 is 12.4 Å². The first-order valence-electron chi connectivity index (χ1n) is 8.01. The van der Waals surface area contributed by atoms with E-state index in [0.29, 0.717) is 6.42 Å². The molecule has 0 radical (unpaired) electrons. The quantitative estimate of drug-likeness (QED) is 0.504. The number of hydrogen-bond acceptors (Lipinski definition) is 1. The molecule has 1 fully saturated rings. The first-order valence-corrected chi connectivity index (χ1v) is 8.01. The molecular weight excluding hydrogens is 260 g/mol. The lowest BCUT2D eigenvalue weighted by Gasteiger charge is -2.07. The maximum atomic E-state index is 10.3. The zero-order valence-electron chi connectivity index (χ0n) is 12.2. The van der Waals surface area contributed by atoms with Gasteiger partial charge in [-0.25, -0.2) is 0 Å². The highest BCUT2D eigenvalue weighted by atomic mass is 35.5. The third-order valence-electron chi connectivity index (χ3n) is 4.23. The van der Waals surface area contributed by atoms with E-state index in [2.05, 4.69) is 0 Å². The van der Waals surface area contributed by atoms with Gasteiger partial charge in [0.2, 0.25) is 0 Å². The number of carboxylic acids is 1. The Hall–Kier alpha value is -0.240. The van der Waals surface area contributed by atoms with Crippen LogP contribution in [0.1, 0.15) is 89.9 Å². The molecule has 0 saturated heterocycles. The largest absolute Gasteiger partial charge is 0.481 e. The number of unbranched alkanes of at least 4 members (excludes halogenated alkanes) is 7. The Kier molecular flexibility index (Phi) is 12.6. The topological polar surface area (TPSA) is 37.3 Å². The Labute approximate surface area is 124 Å². The van der Waals surface area contributed by atoms with Gasteiger partial charge in [0, 0.05) is 6.42 Å². The van der Waals surface area contributed by atoms with E-state index in [4.69, 9.17) is 5.11 Å². The summed E-state index contributed by atoms with van der Waals surface area (Å²) in [6.45, 7) is 0. The number of carbonyl (C=O) groups is 1. The van der Waals surface area contributed by atoms with Crippen LogP contribution in [0.5, 0.6) is 0 Å². The van der Waals surface area contributed by atoms with Crippen molar-refractivity contribution in [3.63, 3.8) is 0 Å². The summed E-state index contributed by atoms with van der Waals surface area (Å²) >= 11 is 0. The van der Waals surface area contributed by atoms with Crippen molar-refractivity contribution in [1.29, 1.82) is 0 Å². The van der Waals surface area contributed by atoms with Crippen molar-refractivity contribution in [2.24, 2.45) is 5.92 Å². The van der Waals surface area contributed by atoms with E-state index in [-0.39, 0.29) is 12.4 Å². The van der Waals surface area contributed by atoms with Crippen LogP contribution in [0.4, 0.5) is 0 Å². The molecule has 0 atom stereocenters. The van der Waals surface area contributed by atoms with E-state index in [9.17, 15) is 4.79 Å². The molecule has 0 bridgehead atoms. The Morgan fingerprint density at radius 3 is 1.84 bits per heavy atom. The second kappa shape index (κ2) is 12.8. The molecule has 1 rings (SSSR count). The average molecular weight is 291 g/mol. The molecule has 0 aliphatic heterocycles. The first-order chi connectivity index (χ1) is 8.79. The van der Waals surface area contributed by atoms with E-state index in [1.54, 1.807) is 0 Å². The molecule has 0 spiro atoms. The smallest absolute Gasteiger partial charge is 0.303 e. The Bertz CT molecular complexity index is 213. The summed E-state index contributed by atoms with van der Waals surface area (Å²) in [6, 6.07) is 0. The predicted octanol–water partition coefficient (Wildman–Crippen LogP) is 5.58. The van der Waals surface area contributed by atoms with Crippen LogP contribution in [0.2, 0.25) is 0 Å². The fraction of sp³-hybridized carbons (Fsp3) is 0.938. The zero-order valence-corrected chi connectivity index (χ0v) is 13.1. The Morgan fingerprint density at radius 1 is 0.842 bits per heavy atom. The number of halogens is 1. The van der Waals surface area contributed by atoms with E-state index in [1.165, 1.54) is 70.6 Å². The summed E-state index contributed by atoms with van der Waals surface area (Å²) in [4.78, 5) is 10.3. The zero-order chi connectivity index (χ0) is 13.1. The third kappa shape index (κ3) is 11.3. The van der Waals surface area contributed by atoms with Gasteiger partial charge in [0.15, 0.2) is 0 Å². The molecule has 0 heterocycles. The van der Waals surface area contributed by atoms with Crippen LogP contribution in [0.15, 0.2) is 0 Å². The summed E-state index contributed by atoms with van der Waals surface area (Å²) in [5, 5.41) is 8.50. The Balaban J connectivity index is 0.00000324. The predicted molar refractivity (Wildman–Crippen MR) is 83.0 cm³/mol. The van der Waals surface area contributed by atoms with Crippen LogP contribution in [0.3, 0.4) is 0 Å². The van der Waals surface area contributed by atoms with Crippen molar-refractivity contribution in [2.75, 3.05) is 0 Å². The highest BCUT2D eigenvalue weighted by Gasteiger charge is 2.13. The molecule has 3 heteroatoms. The SMILES string of the molecule is Cl.O=C(O)CCCCCCCCCCC1CCCC1. The van der Waals surface area contributed by atoms with Gasteiger partial charge < -0.3 is 5.11 Å². The molecule has 1 aliphatic rings. The lowest BCUT2D eigenvalue weighted by Crippen LogP contribution is -1.93. The van der Waals surface area contributed by atoms with Gasteiger partial charge in [-0.15, -0.1) is 12.4 Å². The van der Waals surface area contributed by atoms with Crippen molar-refractivity contribution in [3.05, 3.63) is 0 Å². The average Bonchev–Trinajstić information content (AvgIpc) is 2.84.